The van der Waals surface area contributed by atoms with E-state index in [1.165, 1.54) is 25.7 Å². The number of aliphatic imine (C=N–C) groups is 1. The third-order valence-electron chi connectivity index (χ3n) is 3.68. The van der Waals surface area contributed by atoms with E-state index in [1.54, 1.807) is 0 Å². The highest BCUT2D eigenvalue weighted by Crippen LogP contribution is 2.27. The quantitative estimate of drug-likeness (QED) is 0.256. The molecule has 0 bridgehead atoms. The van der Waals surface area contributed by atoms with E-state index in [1.807, 2.05) is 18.8 Å². The minimum absolute atomic E-state index is 0. The molecule has 1 saturated carbocycles. The minimum Gasteiger partial charge on any atom is -0.381 e. The maximum Gasteiger partial charge on any atom is 0.191 e. The predicted octanol–water partition coefficient (Wildman–Crippen LogP) is 3.26. The van der Waals surface area contributed by atoms with E-state index in [2.05, 4.69) is 28.8 Å². The molecule has 0 amide bonds. The molecule has 21 heavy (non-hydrogen) atoms. The number of rotatable bonds is 9. The Hall–Kier alpha value is 0.310. The first-order valence-electron chi connectivity index (χ1n) is 7.87. The standard InChI is InChI=1S/C15H31N3OS.HI/c1-4-5-10-19-11-6-9-17-15(16-2)18-13-7-8-14(12-13)20-3;/h13-14H,4-12H2,1-3H3,(H2,16,17,18);1H. The molecule has 6 heteroatoms. The lowest BCUT2D eigenvalue weighted by atomic mass is 10.2. The number of hydrogen-bond acceptors (Lipinski definition) is 3. The molecule has 1 aliphatic carbocycles. The number of halogens is 1. The Morgan fingerprint density at radius 3 is 2.67 bits per heavy atom. The van der Waals surface area contributed by atoms with Crippen molar-refractivity contribution in [3.8, 4) is 0 Å². The van der Waals surface area contributed by atoms with Crippen molar-refractivity contribution >= 4 is 41.7 Å². The summed E-state index contributed by atoms with van der Waals surface area (Å²) in [5.74, 6) is 0.935. The number of nitrogens with one attached hydrogen (secondary N) is 2. The monoisotopic (exact) mass is 429 g/mol. The van der Waals surface area contributed by atoms with E-state index >= 15 is 0 Å². The fourth-order valence-electron chi connectivity index (χ4n) is 2.40. The van der Waals surface area contributed by atoms with Crippen LogP contribution in [-0.2, 0) is 4.74 Å². The first-order chi connectivity index (χ1) is 9.80. The van der Waals surface area contributed by atoms with Gasteiger partial charge in [-0.1, -0.05) is 13.3 Å². The lowest BCUT2D eigenvalue weighted by Crippen LogP contribution is -2.43. The lowest BCUT2D eigenvalue weighted by Gasteiger charge is -2.17. The number of hydrogen-bond donors (Lipinski definition) is 2. The molecule has 2 atom stereocenters. The van der Waals surface area contributed by atoms with Crippen molar-refractivity contribution in [2.45, 2.75) is 56.7 Å². The van der Waals surface area contributed by atoms with Crippen LogP contribution in [0.2, 0.25) is 0 Å². The maximum absolute atomic E-state index is 5.55. The third kappa shape index (κ3) is 9.84. The minimum atomic E-state index is 0. The van der Waals surface area contributed by atoms with Crippen molar-refractivity contribution in [2.24, 2.45) is 4.99 Å². The van der Waals surface area contributed by atoms with Gasteiger partial charge in [0.25, 0.3) is 0 Å². The number of nitrogens with zero attached hydrogens (tertiary/aromatic N) is 1. The molecule has 0 radical (unpaired) electrons. The maximum atomic E-state index is 5.55. The van der Waals surface area contributed by atoms with Gasteiger partial charge < -0.3 is 15.4 Å². The van der Waals surface area contributed by atoms with Crippen LogP contribution in [0.4, 0.5) is 0 Å². The van der Waals surface area contributed by atoms with Crippen LogP contribution in [0, 0.1) is 0 Å². The molecule has 0 spiro atoms. The summed E-state index contributed by atoms with van der Waals surface area (Å²) < 4.78 is 5.55. The second-order valence-electron chi connectivity index (χ2n) is 5.33. The summed E-state index contributed by atoms with van der Waals surface area (Å²) in [6.45, 7) is 4.83. The highest BCUT2D eigenvalue weighted by Gasteiger charge is 2.24. The summed E-state index contributed by atoms with van der Waals surface area (Å²) in [7, 11) is 1.84. The van der Waals surface area contributed by atoms with Crippen LogP contribution in [0.15, 0.2) is 4.99 Å². The average molecular weight is 429 g/mol. The van der Waals surface area contributed by atoms with E-state index < -0.39 is 0 Å². The Kier molecular flexibility index (Phi) is 14.1. The molecule has 1 fully saturated rings. The first-order valence-corrected chi connectivity index (χ1v) is 9.16. The van der Waals surface area contributed by atoms with Crippen molar-refractivity contribution in [1.82, 2.24) is 10.6 Å². The Morgan fingerprint density at radius 2 is 2.05 bits per heavy atom. The highest BCUT2D eigenvalue weighted by molar-refractivity contribution is 14.0. The van der Waals surface area contributed by atoms with Gasteiger partial charge in [-0.15, -0.1) is 24.0 Å². The van der Waals surface area contributed by atoms with Gasteiger partial charge in [0, 0.05) is 38.1 Å². The zero-order valence-corrected chi connectivity index (χ0v) is 16.8. The zero-order chi connectivity index (χ0) is 14.6. The second-order valence-corrected chi connectivity index (χ2v) is 6.47. The molecule has 2 unspecified atom stereocenters. The largest absolute Gasteiger partial charge is 0.381 e. The molecule has 4 nitrogen and oxygen atoms in total. The van der Waals surface area contributed by atoms with E-state index in [0.29, 0.717) is 6.04 Å². The molecule has 0 saturated heterocycles. The van der Waals surface area contributed by atoms with E-state index in [4.69, 9.17) is 4.74 Å². The predicted molar refractivity (Wildman–Crippen MR) is 105 cm³/mol. The molecule has 0 aromatic carbocycles. The van der Waals surface area contributed by atoms with E-state index in [9.17, 15) is 0 Å². The Balaban J connectivity index is 0.00000400. The van der Waals surface area contributed by atoms with Gasteiger partial charge in [0.05, 0.1) is 0 Å². The fourth-order valence-corrected chi connectivity index (χ4v) is 3.20. The van der Waals surface area contributed by atoms with Gasteiger partial charge in [-0.3, -0.25) is 4.99 Å². The van der Waals surface area contributed by atoms with Crippen molar-refractivity contribution in [3.05, 3.63) is 0 Å². The highest BCUT2D eigenvalue weighted by atomic mass is 127. The summed E-state index contributed by atoms with van der Waals surface area (Å²) in [6.07, 6.45) is 9.43. The molecule has 0 aromatic heterocycles. The molecular formula is C15H32IN3OS. The average Bonchev–Trinajstić information content (AvgIpc) is 2.92. The van der Waals surface area contributed by atoms with Crippen LogP contribution < -0.4 is 10.6 Å². The van der Waals surface area contributed by atoms with Gasteiger partial charge in [-0.2, -0.15) is 11.8 Å². The molecular weight excluding hydrogens is 397 g/mol. The zero-order valence-electron chi connectivity index (χ0n) is 13.7. The molecule has 126 valence electrons. The van der Waals surface area contributed by atoms with Crippen LogP contribution in [0.1, 0.15) is 45.4 Å². The topological polar surface area (TPSA) is 45.6 Å². The van der Waals surface area contributed by atoms with E-state index in [0.717, 1.165) is 43.8 Å². The van der Waals surface area contributed by atoms with Gasteiger partial charge in [0.2, 0.25) is 0 Å². The van der Waals surface area contributed by atoms with Crippen molar-refractivity contribution in [2.75, 3.05) is 33.1 Å². The van der Waals surface area contributed by atoms with Gasteiger partial charge in [0.15, 0.2) is 5.96 Å². The fraction of sp³-hybridized carbons (Fsp3) is 0.933. The van der Waals surface area contributed by atoms with Gasteiger partial charge in [-0.05, 0) is 38.4 Å². The van der Waals surface area contributed by atoms with Crippen LogP contribution in [0.3, 0.4) is 0 Å². The van der Waals surface area contributed by atoms with Crippen LogP contribution in [0.25, 0.3) is 0 Å². The van der Waals surface area contributed by atoms with Crippen molar-refractivity contribution < 1.29 is 4.74 Å². The summed E-state index contributed by atoms with van der Waals surface area (Å²) >= 11 is 1.98. The summed E-state index contributed by atoms with van der Waals surface area (Å²) in [6, 6.07) is 0.583. The summed E-state index contributed by atoms with van der Waals surface area (Å²) in [4.78, 5) is 4.30. The van der Waals surface area contributed by atoms with Gasteiger partial charge in [0.1, 0.15) is 0 Å². The number of guanidine groups is 1. The molecule has 0 aliphatic heterocycles. The number of unbranched alkanes of at least 4 members (excludes halogenated alkanes) is 1. The summed E-state index contributed by atoms with van der Waals surface area (Å²) in [5, 5.41) is 7.72. The van der Waals surface area contributed by atoms with Gasteiger partial charge >= 0.3 is 0 Å². The summed E-state index contributed by atoms with van der Waals surface area (Å²) in [5.41, 5.74) is 0. The van der Waals surface area contributed by atoms with Crippen LogP contribution >= 0.6 is 35.7 Å². The Morgan fingerprint density at radius 1 is 1.29 bits per heavy atom. The number of ether oxygens (including phenoxy) is 1. The number of thioether (sulfide) groups is 1. The molecule has 0 aromatic rings. The molecule has 1 aliphatic rings. The van der Waals surface area contributed by atoms with Crippen LogP contribution in [0.5, 0.6) is 0 Å². The van der Waals surface area contributed by atoms with Crippen molar-refractivity contribution in [1.29, 1.82) is 0 Å². The van der Waals surface area contributed by atoms with Crippen LogP contribution in [-0.4, -0.2) is 50.3 Å². The Bertz CT molecular complexity index is 280. The lowest BCUT2D eigenvalue weighted by molar-refractivity contribution is 0.129. The third-order valence-corrected chi connectivity index (χ3v) is 4.78. The first kappa shape index (κ1) is 21.3. The molecule has 2 N–H and O–H groups in total. The second kappa shape index (κ2) is 13.9. The van der Waals surface area contributed by atoms with Crippen molar-refractivity contribution in [3.63, 3.8) is 0 Å². The molecule has 0 heterocycles. The van der Waals surface area contributed by atoms with Gasteiger partial charge in [-0.25, -0.2) is 0 Å². The molecule has 1 rings (SSSR count). The Labute approximate surface area is 151 Å². The van der Waals surface area contributed by atoms with E-state index in [-0.39, 0.29) is 24.0 Å². The SMILES string of the molecule is CCCCOCCCNC(=NC)NC1CCC(SC)C1.I. The normalized spacial score (nSPS) is 22.0. The smallest absolute Gasteiger partial charge is 0.191 e.